The number of phenols is 1. The van der Waals surface area contributed by atoms with Crippen LogP contribution in [-0.4, -0.2) is 70.1 Å². The van der Waals surface area contributed by atoms with Crippen LogP contribution in [0.3, 0.4) is 0 Å². The van der Waals surface area contributed by atoms with Crippen LogP contribution in [-0.2, 0) is 35.1 Å². The van der Waals surface area contributed by atoms with E-state index in [1.165, 1.54) is 25.2 Å². The third-order valence-corrected chi connectivity index (χ3v) is 5.90. The molecule has 2 rings (SSSR count). The number of rotatable bonds is 11. The number of hydrogen-bond acceptors (Lipinski definition) is 8. The Morgan fingerprint density at radius 1 is 0.837 bits per heavy atom. The van der Waals surface area contributed by atoms with Gasteiger partial charge in [-0.2, -0.15) is 0 Å². The second-order valence-electron chi connectivity index (χ2n) is 12.1. The first-order valence-electron chi connectivity index (χ1n) is 13.8. The van der Waals surface area contributed by atoms with Gasteiger partial charge in [-0.05, 0) is 53.2 Å². The molecule has 0 aliphatic heterocycles. The number of phenolic OH excluding ortho intramolecular Hbond substituents is 1. The first-order valence-corrected chi connectivity index (χ1v) is 13.8. The summed E-state index contributed by atoms with van der Waals surface area (Å²) < 4.78 is 10.8. The minimum atomic E-state index is -1.50. The maximum atomic E-state index is 13.9. The lowest BCUT2D eigenvalue weighted by Gasteiger charge is -2.33. The van der Waals surface area contributed by atoms with Crippen molar-refractivity contribution in [3.63, 3.8) is 0 Å². The molecule has 0 aromatic heterocycles. The summed E-state index contributed by atoms with van der Waals surface area (Å²) in [6.07, 6.45) is -1.49. The molecule has 0 bridgehead atoms. The van der Waals surface area contributed by atoms with Gasteiger partial charge >= 0.3 is 12.1 Å². The zero-order valence-corrected chi connectivity index (χ0v) is 25.7. The SMILES string of the molecule is CN(C(=O)C(CC(N)=O)NC(=O)OC(C)(C)C)C(C(=O)NC(Cc1ccccc1)C(=O)OC(C)(C)C)c1ccccc1O. The van der Waals surface area contributed by atoms with E-state index in [1.807, 2.05) is 6.07 Å². The van der Waals surface area contributed by atoms with Gasteiger partial charge in [0, 0.05) is 19.0 Å². The number of ether oxygens (including phenoxy) is 2. The van der Waals surface area contributed by atoms with Gasteiger partial charge in [-0.1, -0.05) is 48.5 Å². The Labute approximate surface area is 251 Å². The van der Waals surface area contributed by atoms with E-state index in [0.29, 0.717) is 0 Å². The molecule has 12 heteroatoms. The fourth-order valence-corrected chi connectivity index (χ4v) is 4.14. The van der Waals surface area contributed by atoms with Crippen LogP contribution in [0.1, 0.15) is 65.1 Å². The molecule has 12 nitrogen and oxygen atoms in total. The van der Waals surface area contributed by atoms with E-state index in [-0.39, 0.29) is 17.7 Å². The van der Waals surface area contributed by atoms with Crippen molar-refractivity contribution in [3.8, 4) is 5.75 Å². The second-order valence-corrected chi connectivity index (χ2v) is 12.1. The number of esters is 1. The summed E-state index contributed by atoms with van der Waals surface area (Å²) in [5, 5.41) is 15.7. The smallest absolute Gasteiger partial charge is 0.408 e. The molecule has 234 valence electrons. The zero-order valence-electron chi connectivity index (χ0n) is 25.7. The summed E-state index contributed by atoms with van der Waals surface area (Å²) in [4.78, 5) is 66.1. The van der Waals surface area contributed by atoms with Crippen molar-refractivity contribution >= 4 is 29.8 Å². The number of nitrogens with two attached hydrogens (primary N) is 1. The lowest BCUT2D eigenvalue weighted by molar-refractivity contribution is -0.159. The molecule has 0 fully saturated rings. The van der Waals surface area contributed by atoms with Crippen molar-refractivity contribution in [2.45, 2.75) is 83.7 Å². The average Bonchev–Trinajstić information content (AvgIpc) is 2.87. The zero-order chi connectivity index (χ0) is 32.5. The van der Waals surface area contributed by atoms with Crippen LogP contribution in [0.4, 0.5) is 4.79 Å². The predicted molar refractivity (Wildman–Crippen MR) is 159 cm³/mol. The van der Waals surface area contributed by atoms with Gasteiger partial charge in [-0.15, -0.1) is 0 Å². The number of hydrogen-bond donors (Lipinski definition) is 4. The van der Waals surface area contributed by atoms with Crippen molar-refractivity contribution in [1.29, 1.82) is 0 Å². The fraction of sp³-hybridized carbons (Fsp3) is 0.452. The molecule has 0 spiro atoms. The number of carbonyl (C=O) groups is 5. The van der Waals surface area contributed by atoms with E-state index in [2.05, 4.69) is 10.6 Å². The van der Waals surface area contributed by atoms with E-state index in [9.17, 15) is 29.1 Å². The molecule has 4 amide bonds. The number of para-hydroxylation sites is 1. The summed E-state index contributed by atoms with van der Waals surface area (Å²) in [7, 11) is 1.27. The molecule has 0 aliphatic carbocycles. The van der Waals surface area contributed by atoms with Crippen LogP contribution in [0.15, 0.2) is 54.6 Å². The quantitative estimate of drug-likeness (QED) is 0.285. The summed E-state index contributed by atoms with van der Waals surface area (Å²) in [5.74, 6) is -3.58. The van der Waals surface area contributed by atoms with Gasteiger partial charge in [-0.25, -0.2) is 9.59 Å². The first kappa shape index (κ1) is 34.6. The Balaban J connectivity index is 2.48. The van der Waals surface area contributed by atoms with E-state index >= 15 is 0 Å². The summed E-state index contributed by atoms with van der Waals surface area (Å²) in [6.45, 7) is 9.95. The van der Waals surface area contributed by atoms with Crippen molar-refractivity contribution < 1.29 is 38.6 Å². The number of benzene rings is 2. The Morgan fingerprint density at radius 2 is 1.40 bits per heavy atom. The van der Waals surface area contributed by atoms with E-state index in [1.54, 1.807) is 71.9 Å². The Morgan fingerprint density at radius 3 is 1.93 bits per heavy atom. The Hall–Kier alpha value is -4.61. The Bertz CT molecular complexity index is 1300. The van der Waals surface area contributed by atoms with Crippen LogP contribution < -0.4 is 16.4 Å². The second kappa shape index (κ2) is 14.5. The minimum absolute atomic E-state index is 0.0357. The Kier molecular flexibility index (Phi) is 11.7. The molecular formula is C31H42N4O8. The highest BCUT2D eigenvalue weighted by molar-refractivity contribution is 5.95. The first-order chi connectivity index (χ1) is 19.9. The van der Waals surface area contributed by atoms with E-state index < -0.39 is 65.5 Å². The number of likely N-dealkylation sites (N-methyl/N-ethyl adjacent to an activating group) is 1. The highest BCUT2D eigenvalue weighted by atomic mass is 16.6. The molecule has 3 unspecified atom stereocenters. The molecule has 2 aromatic rings. The summed E-state index contributed by atoms with van der Waals surface area (Å²) >= 11 is 0. The van der Waals surface area contributed by atoms with Crippen LogP contribution in [0.5, 0.6) is 5.75 Å². The standard InChI is InChI=1S/C31H42N4O8/c1-30(2,3)42-28(40)22(17-19-13-9-8-10-14-19)33-26(38)25(20-15-11-12-16-23(20)36)35(7)27(39)21(18-24(32)37)34-29(41)43-31(4,5)6/h8-16,21-22,25,36H,17-18H2,1-7H3,(H2,32,37)(H,33,38)(H,34,41). The van der Waals surface area contributed by atoms with E-state index in [0.717, 1.165) is 10.5 Å². The number of amides is 4. The molecule has 0 heterocycles. The number of nitrogens with one attached hydrogen (secondary N) is 2. The van der Waals surface area contributed by atoms with Crippen LogP contribution >= 0.6 is 0 Å². The van der Waals surface area contributed by atoms with Gasteiger partial charge in [0.15, 0.2) is 0 Å². The molecular weight excluding hydrogens is 556 g/mol. The van der Waals surface area contributed by atoms with E-state index in [4.69, 9.17) is 15.2 Å². The van der Waals surface area contributed by atoms with Gasteiger partial charge in [0.25, 0.3) is 0 Å². The number of nitrogens with zero attached hydrogens (tertiary/aromatic N) is 1. The summed E-state index contributed by atoms with van der Waals surface area (Å²) in [6, 6.07) is 10.7. The van der Waals surface area contributed by atoms with Gasteiger partial charge in [0.2, 0.25) is 17.7 Å². The average molecular weight is 599 g/mol. The van der Waals surface area contributed by atoms with Crippen LogP contribution in [0, 0.1) is 0 Å². The van der Waals surface area contributed by atoms with Gasteiger partial charge in [0.1, 0.15) is 35.1 Å². The highest BCUT2D eigenvalue weighted by Gasteiger charge is 2.38. The number of carbonyl (C=O) groups excluding carboxylic acids is 5. The molecule has 3 atom stereocenters. The lowest BCUT2D eigenvalue weighted by atomic mass is 10.00. The summed E-state index contributed by atoms with van der Waals surface area (Å²) in [5.41, 5.74) is 4.38. The largest absolute Gasteiger partial charge is 0.508 e. The van der Waals surface area contributed by atoms with Gasteiger partial charge in [-0.3, -0.25) is 14.4 Å². The number of alkyl carbamates (subject to hydrolysis) is 1. The fourth-order valence-electron chi connectivity index (χ4n) is 4.14. The maximum Gasteiger partial charge on any atom is 0.408 e. The van der Waals surface area contributed by atoms with Crippen molar-refractivity contribution in [2.75, 3.05) is 7.05 Å². The number of primary amides is 1. The van der Waals surface area contributed by atoms with Gasteiger partial charge < -0.3 is 35.8 Å². The monoisotopic (exact) mass is 598 g/mol. The van der Waals surface area contributed by atoms with Crippen molar-refractivity contribution in [2.24, 2.45) is 5.73 Å². The van der Waals surface area contributed by atoms with Gasteiger partial charge in [0.05, 0.1) is 6.42 Å². The number of aromatic hydroxyl groups is 1. The van der Waals surface area contributed by atoms with Crippen LogP contribution in [0.25, 0.3) is 0 Å². The normalized spacial score (nSPS) is 13.6. The van der Waals surface area contributed by atoms with Crippen molar-refractivity contribution in [1.82, 2.24) is 15.5 Å². The molecule has 43 heavy (non-hydrogen) atoms. The molecule has 0 saturated carbocycles. The molecule has 0 saturated heterocycles. The van der Waals surface area contributed by atoms with Crippen molar-refractivity contribution in [3.05, 3.63) is 65.7 Å². The maximum absolute atomic E-state index is 13.9. The lowest BCUT2D eigenvalue weighted by Crippen LogP contribution is -2.54. The predicted octanol–water partition coefficient (Wildman–Crippen LogP) is 2.73. The van der Waals surface area contributed by atoms with Crippen LogP contribution in [0.2, 0.25) is 0 Å². The topological polar surface area (TPSA) is 177 Å². The molecule has 0 radical (unpaired) electrons. The third kappa shape index (κ3) is 11.3. The minimum Gasteiger partial charge on any atom is -0.508 e. The molecule has 2 aromatic carbocycles. The molecule has 0 aliphatic rings. The molecule has 5 N–H and O–H groups in total. The highest BCUT2D eigenvalue weighted by Crippen LogP contribution is 2.29. The third-order valence-electron chi connectivity index (χ3n) is 5.90.